The zero-order chi connectivity index (χ0) is 43.8. The first-order valence-electron chi connectivity index (χ1n) is 22.8. The summed E-state index contributed by atoms with van der Waals surface area (Å²) in [4.78, 5) is 0. The Morgan fingerprint density at radius 1 is 0.136 bits per heavy atom. The van der Waals surface area contributed by atoms with Crippen LogP contribution in [-0.4, -0.2) is 0 Å². The molecule has 66 heavy (non-hydrogen) atoms. The maximum absolute atomic E-state index is 2.49. The van der Waals surface area contributed by atoms with Crippen LogP contribution in [0.25, 0.3) is 121 Å². The Labute approximate surface area is 386 Å². The van der Waals surface area contributed by atoms with Gasteiger partial charge in [-0.15, -0.1) is 0 Å². The van der Waals surface area contributed by atoms with E-state index in [1.807, 2.05) is 0 Å². The summed E-state index contributed by atoms with van der Waals surface area (Å²) < 4.78 is 0. The topological polar surface area (TPSA) is 0 Å². The third-order valence-electron chi connectivity index (χ3n) is 13.2. The molecule has 0 unspecified atom stereocenters. The second kappa shape index (κ2) is 16.8. The van der Waals surface area contributed by atoms with Crippen molar-refractivity contribution < 1.29 is 0 Å². The van der Waals surface area contributed by atoms with Crippen molar-refractivity contribution in [2.45, 2.75) is 0 Å². The Morgan fingerprint density at radius 2 is 0.273 bits per heavy atom. The van der Waals surface area contributed by atoms with E-state index in [0.29, 0.717) is 0 Å². The standard InChI is InChI=1S/C66H44/c1-9-25-45(26-10-1)59-55-41-53-43-57-58(44-54(53)42-56(55)60(46-27-11-2-12-28-46)64(50-35-19-6-20-36-50)63(59)49-33-17-5-18-34-49)62(48-31-15-4-16-32-48)66(52-39-23-8-24-40-52)65(51-37-21-7-22-38-51)61(57)47-29-13-3-14-30-47/h1-44H. The Kier molecular flexibility index (Phi) is 9.97. The summed E-state index contributed by atoms with van der Waals surface area (Å²) in [5, 5.41) is 7.28. The molecule has 0 saturated carbocycles. The van der Waals surface area contributed by atoms with Gasteiger partial charge in [0.05, 0.1) is 0 Å². The molecule has 0 N–H and O–H groups in total. The molecule has 12 aromatic rings. The maximum Gasteiger partial charge on any atom is -0.00141 e. The van der Waals surface area contributed by atoms with Gasteiger partial charge in [0.25, 0.3) is 0 Å². The lowest BCUT2D eigenvalue weighted by molar-refractivity contribution is 1.57. The highest BCUT2D eigenvalue weighted by molar-refractivity contribution is 6.25. The second-order valence-electron chi connectivity index (χ2n) is 17.1. The van der Waals surface area contributed by atoms with Gasteiger partial charge >= 0.3 is 0 Å². The van der Waals surface area contributed by atoms with Crippen LogP contribution in [0.4, 0.5) is 0 Å². The van der Waals surface area contributed by atoms with Crippen molar-refractivity contribution in [3.05, 3.63) is 267 Å². The van der Waals surface area contributed by atoms with E-state index >= 15 is 0 Å². The Morgan fingerprint density at radius 3 is 0.424 bits per heavy atom. The van der Waals surface area contributed by atoms with Crippen LogP contribution in [0.1, 0.15) is 0 Å². The van der Waals surface area contributed by atoms with E-state index in [-0.39, 0.29) is 0 Å². The number of rotatable bonds is 8. The lowest BCUT2D eigenvalue weighted by Gasteiger charge is -2.26. The van der Waals surface area contributed by atoms with Crippen LogP contribution < -0.4 is 0 Å². The molecule has 0 saturated heterocycles. The van der Waals surface area contributed by atoms with E-state index in [1.54, 1.807) is 0 Å². The van der Waals surface area contributed by atoms with E-state index in [9.17, 15) is 0 Å². The van der Waals surface area contributed by atoms with Gasteiger partial charge < -0.3 is 0 Å². The smallest absolute Gasteiger partial charge is 0.00141 e. The average Bonchev–Trinajstić information content (AvgIpc) is 3.40. The number of hydrogen-bond donors (Lipinski definition) is 0. The molecule has 0 heteroatoms. The number of fused-ring (bicyclic) bond motifs is 3. The maximum atomic E-state index is 2.49. The van der Waals surface area contributed by atoms with Gasteiger partial charge in [-0.3, -0.25) is 0 Å². The molecular formula is C66H44. The summed E-state index contributed by atoms with van der Waals surface area (Å²) >= 11 is 0. The van der Waals surface area contributed by atoms with Crippen molar-refractivity contribution in [2.75, 3.05) is 0 Å². The SMILES string of the molecule is c1ccc(-c2c(-c3ccccc3)c(-c3ccccc3)c3cc4cc5c(-c6ccccc6)c(-c6ccccc6)c(-c6ccccc6)c(-c6ccccc6)c5cc4cc3c2-c2ccccc2)cc1. The van der Waals surface area contributed by atoms with Gasteiger partial charge in [-0.2, -0.15) is 0 Å². The van der Waals surface area contributed by atoms with Crippen molar-refractivity contribution in [1.29, 1.82) is 0 Å². The number of benzene rings is 12. The molecule has 0 amide bonds. The van der Waals surface area contributed by atoms with Crippen LogP contribution >= 0.6 is 0 Å². The largest absolute Gasteiger partial charge is 0.0622 e. The van der Waals surface area contributed by atoms with Gasteiger partial charge in [0.1, 0.15) is 0 Å². The fourth-order valence-corrected chi connectivity index (χ4v) is 10.4. The van der Waals surface area contributed by atoms with Gasteiger partial charge in [-0.25, -0.2) is 0 Å². The molecule has 0 bridgehead atoms. The van der Waals surface area contributed by atoms with Crippen LogP contribution in [0.5, 0.6) is 0 Å². The van der Waals surface area contributed by atoms with E-state index in [2.05, 4.69) is 267 Å². The molecular weight excluding hydrogens is 793 g/mol. The fourth-order valence-electron chi connectivity index (χ4n) is 10.4. The highest BCUT2D eigenvalue weighted by atomic mass is 14.3. The minimum absolute atomic E-state index is 1.19. The average molecular weight is 837 g/mol. The monoisotopic (exact) mass is 836 g/mol. The first kappa shape index (κ1) is 39.0. The summed E-state index contributed by atoms with van der Waals surface area (Å²) in [7, 11) is 0. The summed E-state index contributed by atoms with van der Waals surface area (Å²) in [5.41, 5.74) is 19.4. The molecule has 0 spiro atoms. The molecule has 0 nitrogen and oxygen atoms in total. The molecule has 0 fully saturated rings. The van der Waals surface area contributed by atoms with Gasteiger partial charge in [0.15, 0.2) is 0 Å². The molecule has 12 aromatic carbocycles. The molecule has 0 radical (unpaired) electrons. The van der Waals surface area contributed by atoms with Crippen LogP contribution in [0, 0.1) is 0 Å². The Bertz CT molecular complexity index is 3170. The molecule has 12 rings (SSSR count). The number of hydrogen-bond acceptors (Lipinski definition) is 0. The fraction of sp³-hybridized carbons (Fsp3) is 0. The highest BCUT2D eigenvalue weighted by Crippen LogP contribution is 2.54. The van der Waals surface area contributed by atoms with Crippen LogP contribution in [0.2, 0.25) is 0 Å². The lowest BCUT2D eigenvalue weighted by atomic mass is 9.77. The summed E-state index contributed by atoms with van der Waals surface area (Å²) in [6.45, 7) is 0. The van der Waals surface area contributed by atoms with Crippen LogP contribution in [0.15, 0.2) is 267 Å². The predicted octanol–water partition coefficient (Wildman–Crippen LogP) is 18.5. The molecule has 308 valence electrons. The van der Waals surface area contributed by atoms with E-state index in [1.165, 1.54) is 121 Å². The van der Waals surface area contributed by atoms with E-state index in [0.717, 1.165) is 0 Å². The molecule has 0 aromatic heterocycles. The van der Waals surface area contributed by atoms with Crippen LogP contribution in [-0.2, 0) is 0 Å². The molecule has 0 aliphatic heterocycles. The van der Waals surface area contributed by atoms with E-state index in [4.69, 9.17) is 0 Å². The minimum atomic E-state index is 1.19. The Hall–Kier alpha value is -8.58. The van der Waals surface area contributed by atoms with Crippen molar-refractivity contribution in [3.8, 4) is 89.0 Å². The van der Waals surface area contributed by atoms with Gasteiger partial charge in [-0.1, -0.05) is 243 Å². The van der Waals surface area contributed by atoms with Crippen LogP contribution in [0.3, 0.4) is 0 Å². The van der Waals surface area contributed by atoms with Crippen molar-refractivity contribution in [2.24, 2.45) is 0 Å². The van der Waals surface area contributed by atoms with Crippen molar-refractivity contribution in [3.63, 3.8) is 0 Å². The zero-order valence-corrected chi connectivity index (χ0v) is 36.4. The third kappa shape index (κ3) is 6.79. The third-order valence-corrected chi connectivity index (χ3v) is 13.2. The first-order valence-corrected chi connectivity index (χ1v) is 22.8. The summed E-state index contributed by atoms with van der Waals surface area (Å²) in [6, 6.07) is 98.0. The molecule has 0 heterocycles. The molecule has 0 aliphatic carbocycles. The first-order chi connectivity index (χ1) is 32.8. The zero-order valence-electron chi connectivity index (χ0n) is 36.4. The van der Waals surface area contributed by atoms with Gasteiger partial charge in [-0.05, 0) is 146 Å². The van der Waals surface area contributed by atoms with E-state index < -0.39 is 0 Å². The molecule has 0 atom stereocenters. The quantitative estimate of drug-likeness (QED) is 0.134. The second-order valence-corrected chi connectivity index (χ2v) is 17.1. The summed E-state index contributed by atoms with van der Waals surface area (Å²) in [5.74, 6) is 0. The van der Waals surface area contributed by atoms with Gasteiger partial charge in [0.2, 0.25) is 0 Å². The van der Waals surface area contributed by atoms with Gasteiger partial charge in [0, 0.05) is 0 Å². The minimum Gasteiger partial charge on any atom is -0.0622 e. The normalized spacial score (nSPS) is 11.3. The van der Waals surface area contributed by atoms with Crippen molar-refractivity contribution >= 4 is 32.3 Å². The highest BCUT2D eigenvalue weighted by Gasteiger charge is 2.27. The predicted molar refractivity (Wildman–Crippen MR) is 282 cm³/mol. The Balaban J connectivity index is 1.33. The summed E-state index contributed by atoms with van der Waals surface area (Å²) in [6.07, 6.45) is 0. The van der Waals surface area contributed by atoms with Crippen molar-refractivity contribution in [1.82, 2.24) is 0 Å². The molecule has 0 aliphatic rings. The lowest BCUT2D eigenvalue weighted by Crippen LogP contribution is -1.99.